The van der Waals surface area contributed by atoms with Crippen molar-refractivity contribution < 1.29 is 4.79 Å². The lowest BCUT2D eigenvalue weighted by molar-refractivity contribution is 0.102. The minimum absolute atomic E-state index is 0.233. The van der Waals surface area contributed by atoms with Crippen LogP contribution in [-0.2, 0) is 19.5 Å². The first-order valence-electron chi connectivity index (χ1n) is 11.8. The van der Waals surface area contributed by atoms with Gasteiger partial charge in [-0.3, -0.25) is 20.0 Å². The van der Waals surface area contributed by atoms with Gasteiger partial charge in [0, 0.05) is 55.1 Å². The second-order valence-corrected chi connectivity index (χ2v) is 9.79. The van der Waals surface area contributed by atoms with E-state index in [4.69, 9.17) is 10.1 Å². The Hall–Kier alpha value is -4.14. The van der Waals surface area contributed by atoms with Crippen LogP contribution in [0.2, 0.25) is 0 Å². The molecule has 0 saturated carbocycles. The van der Waals surface area contributed by atoms with E-state index in [-0.39, 0.29) is 5.91 Å². The number of hydrogen-bond donors (Lipinski definition) is 1. The van der Waals surface area contributed by atoms with Crippen molar-refractivity contribution in [2.75, 3.05) is 11.9 Å². The third-order valence-corrected chi connectivity index (χ3v) is 7.19. The van der Waals surface area contributed by atoms with Gasteiger partial charge in [0.25, 0.3) is 5.91 Å². The van der Waals surface area contributed by atoms with Crippen molar-refractivity contribution in [1.82, 2.24) is 24.6 Å². The summed E-state index contributed by atoms with van der Waals surface area (Å²) in [5.41, 5.74) is 5.10. The second kappa shape index (κ2) is 9.85. The number of rotatable bonds is 6. The van der Waals surface area contributed by atoms with Gasteiger partial charge in [0.1, 0.15) is 5.69 Å². The molecule has 0 saturated heterocycles. The fourth-order valence-corrected chi connectivity index (χ4v) is 5.46. The van der Waals surface area contributed by atoms with Crippen molar-refractivity contribution in [2.45, 2.75) is 19.5 Å². The Labute approximate surface area is 213 Å². The maximum Gasteiger partial charge on any atom is 0.261 e. The number of fused-ring (bicyclic) bond motifs is 1. The fraction of sp³-hybridized carbons (Fsp3) is 0.143. The van der Waals surface area contributed by atoms with E-state index in [1.165, 1.54) is 10.4 Å². The molecule has 1 amide bonds. The first-order valence-corrected chi connectivity index (χ1v) is 12.7. The van der Waals surface area contributed by atoms with Gasteiger partial charge in [-0.25, -0.2) is 9.67 Å². The van der Waals surface area contributed by atoms with Gasteiger partial charge in [0.15, 0.2) is 5.13 Å². The Morgan fingerprint density at radius 2 is 1.81 bits per heavy atom. The van der Waals surface area contributed by atoms with Crippen molar-refractivity contribution in [2.24, 2.45) is 0 Å². The number of anilines is 1. The topological polar surface area (TPSA) is 75.9 Å². The van der Waals surface area contributed by atoms with Crippen LogP contribution in [-0.4, -0.2) is 37.1 Å². The molecule has 36 heavy (non-hydrogen) atoms. The van der Waals surface area contributed by atoms with Gasteiger partial charge in [-0.1, -0.05) is 48.5 Å². The molecule has 5 aromatic rings. The Morgan fingerprint density at radius 1 is 1.00 bits per heavy atom. The molecule has 0 atom stereocenters. The lowest BCUT2D eigenvalue weighted by Crippen LogP contribution is -2.29. The van der Waals surface area contributed by atoms with Gasteiger partial charge < -0.3 is 0 Å². The Balaban J connectivity index is 1.24. The van der Waals surface area contributed by atoms with Crippen molar-refractivity contribution in [3.63, 3.8) is 0 Å². The Bertz CT molecular complexity index is 1480. The van der Waals surface area contributed by atoms with Gasteiger partial charge in [-0.2, -0.15) is 5.10 Å². The highest BCUT2D eigenvalue weighted by Gasteiger charge is 2.24. The van der Waals surface area contributed by atoms with Crippen LogP contribution < -0.4 is 5.32 Å². The molecule has 1 aliphatic rings. The van der Waals surface area contributed by atoms with Crippen molar-refractivity contribution in [3.05, 3.63) is 113 Å². The van der Waals surface area contributed by atoms with E-state index >= 15 is 0 Å². The molecule has 1 aliphatic heterocycles. The number of carbonyl (C=O) groups is 1. The number of amides is 1. The molecule has 0 fully saturated rings. The van der Waals surface area contributed by atoms with E-state index in [0.29, 0.717) is 16.4 Å². The van der Waals surface area contributed by atoms with Gasteiger partial charge in [-0.15, -0.1) is 11.3 Å². The standard InChI is InChI=1S/C28H24N6OS/c35-27(23-18-34(22-11-5-2-6-12-22)32-26(23)21-10-7-14-29-16-21)31-28-30-24-13-15-33(19-25(24)36-28)17-20-8-3-1-4-9-20/h1-12,14,16,18H,13,15,17,19H2,(H,30,31,35). The summed E-state index contributed by atoms with van der Waals surface area (Å²) in [6.07, 6.45) is 6.07. The lowest BCUT2D eigenvalue weighted by Gasteiger charge is -2.25. The smallest absolute Gasteiger partial charge is 0.261 e. The predicted octanol–water partition coefficient (Wildman–Crippen LogP) is 5.20. The summed E-state index contributed by atoms with van der Waals surface area (Å²) in [5.74, 6) is -0.233. The molecule has 8 heteroatoms. The van der Waals surface area contributed by atoms with E-state index in [1.54, 1.807) is 34.6 Å². The molecule has 1 N–H and O–H groups in total. The Kier molecular flexibility index (Phi) is 6.11. The molecular weight excluding hydrogens is 468 g/mol. The summed E-state index contributed by atoms with van der Waals surface area (Å²) < 4.78 is 1.73. The number of thiazole rings is 1. The van der Waals surface area contributed by atoms with E-state index in [0.717, 1.165) is 43.0 Å². The number of hydrogen-bond acceptors (Lipinski definition) is 6. The monoisotopic (exact) mass is 492 g/mol. The van der Waals surface area contributed by atoms with Crippen LogP contribution >= 0.6 is 11.3 Å². The molecule has 178 valence electrons. The van der Waals surface area contributed by atoms with Crippen LogP contribution in [0.1, 0.15) is 26.5 Å². The molecule has 3 aromatic heterocycles. The summed E-state index contributed by atoms with van der Waals surface area (Å²) >= 11 is 1.55. The predicted molar refractivity (Wildman–Crippen MR) is 141 cm³/mol. The van der Waals surface area contributed by atoms with Crippen LogP contribution in [0.4, 0.5) is 5.13 Å². The van der Waals surface area contributed by atoms with Gasteiger partial charge in [-0.05, 0) is 29.8 Å². The van der Waals surface area contributed by atoms with Crippen LogP contribution in [0.15, 0.2) is 91.4 Å². The molecule has 6 rings (SSSR count). The summed E-state index contributed by atoms with van der Waals surface area (Å²) in [5, 5.41) is 8.37. The largest absolute Gasteiger partial charge is 0.298 e. The van der Waals surface area contributed by atoms with Gasteiger partial charge >= 0.3 is 0 Å². The van der Waals surface area contributed by atoms with Crippen molar-refractivity contribution in [3.8, 4) is 16.9 Å². The van der Waals surface area contributed by atoms with Crippen molar-refractivity contribution >= 4 is 22.4 Å². The average Bonchev–Trinajstić information content (AvgIpc) is 3.54. The van der Waals surface area contributed by atoms with Crippen LogP contribution in [0.25, 0.3) is 16.9 Å². The van der Waals surface area contributed by atoms with Crippen LogP contribution in [0.5, 0.6) is 0 Å². The first-order chi connectivity index (χ1) is 17.7. The number of carbonyl (C=O) groups excluding carboxylic acids is 1. The third-order valence-electron chi connectivity index (χ3n) is 6.19. The highest BCUT2D eigenvalue weighted by Crippen LogP contribution is 2.30. The number of para-hydroxylation sites is 1. The third kappa shape index (κ3) is 4.68. The van der Waals surface area contributed by atoms with E-state index in [1.807, 2.05) is 48.5 Å². The number of nitrogens with one attached hydrogen (secondary N) is 1. The average molecular weight is 493 g/mol. The number of aromatic nitrogens is 4. The number of pyridine rings is 1. The molecule has 0 aliphatic carbocycles. The molecular formula is C28H24N6OS. The first kappa shape index (κ1) is 22.3. The highest BCUT2D eigenvalue weighted by atomic mass is 32.1. The quantitative estimate of drug-likeness (QED) is 0.353. The fourth-order valence-electron chi connectivity index (χ4n) is 4.41. The summed E-state index contributed by atoms with van der Waals surface area (Å²) in [4.78, 5) is 26.0. The zero-order valence-electron chi connectivity index (χ0n) is 19.5. The molecule has 0 spiro atoms. The SMILES string of the molecule is O=C(Nc1nc2c(s1)CN(Cc1ccccc1)CC2)c1cn(-c2ccccc2)nc1-c1cccnc1. The maximum atomic E-state index is 13.4. The van der Waals surface area contributed by atoms with Crippen LogP contribution in [0.3, 0.4) is 0 Å². The summed E-state index contributed by atoms with van der Waals surface area (Å²) in [6.45, 7) is 2.70. The normalized spacial score (nSPS) is 13.3. The van der Waals surface area contributed by atoms with E-state index in [2.05, 4.69) is 39.5 Å². The second-order valence-electron chi connectivity index (χ2n) is 8.70. The molecule has 7 nitrogen and oxygen atoms in total. The zero-order chi connectivity index (χ0) is 24.3. The molecule has 2 aromatic carbocycles. The van der Waals surface area contributed by atoms with E-state index < -0.39 is 0 Å². The number of benzene rings is 2. The lowest BCUT2D eigenvalue weighted by atomic mass is 10.1. The molecule has 0 bridgehead atoms. The maximum absolute atomic E-state index is 13.4. The van der Waals surface area contributed by atoms with E-state index in [9.17, 15) is 4.79 Å². The number of nitrogens with zero attached hydrogens (tertiary/aromatic N) is 5. The summed E-state index contributed by atoms with van der Waals surface area (Å²) in [7, 11) is 0. The molecule has 0 radical (unpaired) electrons. The van der Waals surface area contributed by atoms with Gasteiger partial charge in [0.05, 0.1) is 16.9 Å². The Morgan fingerprint density at radius 3 is 2.58 bits per heavy atom. The van der Waals surface area contributed by atoms with Crippen LogP contribution in [0, 0.1) is 0 Å². The molecule has 4 heterocycles. The van der Waals surface area contributed by atoms with Gasteiger partial charge in [0.2, 0.25) is 0 Å². The van der Waals surface area contributed by atoms with Crippen molar-refractivity contribution in [1.29, 1.82) is 0 Å². The minimum Gasteiger partial charge on any atom is -0.298 e. The molecule has 0 unspecified atom stereocenters. The summed E-state index contributed by atoms with van der Waals surface area (Å²) in [6, 6.07) is 24.0. The minimum atomic E-state index is -0.233. The zero-order valence-corrected chi connectivity index (χ0v) is 20.4. The highest BCUT2D eigenvalue weighted by molar-refractivity contribution is 7.15.